The van der Waals surface area contributed by atoms with E-state index in [4.69, 9.17) is 13.6 Å². The van der Waals surface area contributed by atoms with Gasteiger partial charge in [0.25, 0.3) is 16.6 Å². The van der Waals surface area contributed by atoms with Crippen molar-refractivity contribution in [3.63, 3.8) is 0 Å². The van der Waals surface area contributed by atoms with Gasteiger partial charge in [-0.2, -0.15) is 0 Å². The van der Waals surface area contributed by atoms with Gasteiger partial charge in [0.05, 0.1) is 0 Å². The first-order valence-electron chi connectivity index (χ1n) is 15.4. The zero-order valence-corrected chi connectivity index (χ0v) is 27.8. The maximum absolute atomic E-state index is 8.09. The van der Waals surface area contributed by atoms with E-state index >= 15 is 0 Å². The molecule has 0 aliphatic rings. The largest absolute Gasteiger partial charge is 0.493 e. The molecule has 0 fully saturated rings. The molecule has 45 heavy (non-hydrogen) atoms. The van der Waals surface area contributed by atoms with Gasteiger partial charge in [-0.25, -0.2) is 0 Å². The second kappa shape index (κ2) is 14.0. The zero-order valence-electron chi connectivity index (χ0n) is 25.8. The van der Waals surface area contributed by atoms with Gasteiger partial charge >= 0.3 is 0 Å². The summed E-state index contributed by atoms with van der Waals surface area (Å²) in [4.78, 5) is 0. The van der Waals surface area contributed by atoms with E-state index in [-0.39, 0.29) is 0 Å². The van der Waals surface area contributed by atoms with Crippen molar-refractivity contribution in [3.8, 4) is 11.5 Å². The Kier molecular flexibility index (Phi) is 9.41. The molecule has 0 spiro atoms. The van der Waals surface area contributed by atoms with Crippen molar-refractivity contribution in [3.05, 3.63) is 181 Å². The highest BCUT2D eigenvalue weighted by atomic mass is 28.4. The van der Waals surface area contributed by atoms with Gasteiger partial charge in [-0.3, -0.25) is 0 Å². The fourth-order valence-corrected chi connectivity index (χ4v) is 15.5. The number of hydrogen-bond donors (Lipinski definition) is 0. The summed E-state index contributed by atoms with van der Waals surface area (Å²) >= 11 is 0. The Morgan fingerprint density at radius 1 is 0.356 bits per heavy atom. The van der Waals surface area contributed by atoms with Crippen LogP contribution in [0.1, 0.15) is 11.1 Å². The van der Waals surface area contributed by atoms with E-state index in [9.17, 15) is 0 Å². The molecule has 0 amide bonds. The second-order valence-electron chi connectivity index (χ2n) is 11.4. The van der Waals surface area contributed by atoms with Crippen LogP contribution in [-0.4, -0.2) is 29.1 Å². The van der Waals surface area contributed by atoms with E-state index in [0.717, 1.165) is 32.2 Å². The van der Waals surface area contributed by atoms with Crippen molar-refractivity contribution in [2.75, 3.05) is 12.5 Å². The molecule has 3 nitrogen and oxygen atoms in total. The summed E-state index contributed by atoms with van der Waals surface area (Å²) < 4.78 is 21.6. The molecule has 0 saturated heterocycles. The molecule has 0 N–H and O–H groups in total. The van der Waals surface area contributed by atoms with Crippen LogP contribution < -0.4 is 30.2 Å². The molecule has 0 radical (unpaired) electrons. The monoisotopic (exact) mass is 622 g/mol. The summed E-state index contributed by atoms with van der Waals surface area (Å²) in [5.41, 5.74) is 2.39. The van der Waals surface area contributed by atoms with E-state index in [2.05, 4.69) is 159 Å². The van der Waals surface area contributed by atoms with Crippen LogP contribution in [0.2, 0.25) is 0 Å². The fourth-order valence-electron chi connectivity index (χ4n) is 5.73. The lowest BCUT2D eigenvalue weighted by molar-refractivity contribution is 0.338. The zero-order chi connectivity index (χ0) is 31.0. The molecule has 0 saturated carbocycles. The van der Waals surface area contributed by atoms with Gasteiger partial charge in [0, 0.05) is 0 Å². The third kappa shape index (κ3) is 6.86. The van der Waals surface area contributed by atoms with Crippen molar-refractivity contribution in [2.45, 2.75) is 13.8 Å². The van der Waals surface area contributed by atoms with Gasteiger partial charge in [-0.1, -0.05) is 157 Å². The third-order valence-electron chi connectivity index (χ3n) is 8.24. The number of aryl methyl sites for hydroxylation is 2. The Hall–Kier alpha value is -4.69. The molecular formula is C40H38O3Si2. The van der Waals surface area contributed by atoms with E-state index in [1.165, 1.54) is 11.1 Å². The molecule has 224 valence electrons. The first kappa shape index (κ1) is 30.3. The van der Waals surface area contributed by atoms with Gasteiger partial charge in [-0.15, -0.1) is 0 Å². The first-order valence-corrected chi connectivity index (χ1v) is 19.6. The minimum Gasteiger partial charge on any atom is -0.493 e. The number of rotatable bonds is 12. The minimum absolute atomic E-state index is 0.406. The molecule has 6 aromatic carbocycles. The van der Waals surface area contributed by atoms with Crippen molar-refractivity contribution in [2.24, 2.45) is 0 Å². The maximum Gasteiger partial charge on any atom is 0.283 e. The summed E-state index contributed by atoms with van der Waals surface area (Å²) in [6.07, 6.45) is 0.812. The average molecular weight is 623 g/mol. The summed E-state index contributed by atoms with van der Waals surface area (Å²) in [5.74, 6) is 1.66. The van der Waals surface area contributed by atoms with Gasteiger partial charge in [0.1, 0.15) is 24.0 Å². The lowest BCUT2D eigenvalue weighted by Crippen LogP contribution is -2.77. The standard InChI is InChI=1S/C40H38O3Si2/c1-33-23-27-35(28-24-33)41-31-44(37-15-7-3-8-16-37,38-17-9-4-10-18-38)43-45(39-19-11-5-12-20-39,40-21-13-6-14-22-40)32-42-36-29-25-34(2)26-30-36/h3-30H,31-32H2,1-2H3. The van der Waals surface area contributed by atoms with E-state index in [1.807, 2.05) is 24.3 Å². The van der Waals surface area contributed by atoms with Crippen LogP contribution in [0, 0.1) is 13.8 Å². The molecule has 5 heteroatoms. The van der Waals surface area contributed by atoms with E-state index < -0.39 is 16.6 Å². The minimum atomic E-state index is -3.13. The highest BCUT2D eigenvalue weighted by Gasteiger charge is 2.52. The predicted octanol–water partition coefficient (Wildman–Crippen LogP) is 6.38. The molecule has 0 atom stereocenters. The van der Waals surface area contributed by atoms with Crippen LogP contribution in [0.3, 0.4) is 0 Å². The summed E-state index contributed by atoms with van der Waals surface area (Å²) in [6.45, 7) is 4.18. The summed E-state index contributed by atoms with van der Waals surface area (Å²) in [5, 5.41) is 4.62. The van der Waals surface area contributed by atoms with Crippen LogP contribution in [-0.2, 0) is 4.12 Å². The Morgan fingerprint density at radius 3 is 0.889 bits per heavy atom. The smallest absolute Gasteiger partial charge is 0.283 e. The van der Waals surface area contributed by atoms with Crippen molar-refractivity contribution < 1.29 is 13.6 Å². The Bertz CT molecular complexity index is 1550. The van der Waals surface area contributed by atoms with Gasteiger partial charge < -0.3 is 13.6 Å². The van der Waals surface area contributed by atoms with Gasteiger partial charge in [0.15, 0.2) is 0 Å². The fraction of sp³-hybridized carbons (Fsp3) is 0.100. The number of ether oxygens (including phenoxy) is 2. The van der Waals surface area contributed by atoms with Crippen LogP contribution in [0.4, 0.5) is 0 Å². The molecule has 0 aliphatic carbocycles. The van der Waals surface area contributed by atoms with Gasteiger partial charge in [-0.05, 0) is 58.9 Å². The molecule has 6 rings (SSSR count). The normalized spacial score (nSPS) is 11.6. The van der Waals surface area contributed by atoms with E-state index in [0.29, 0.717) is 12.5 Å². The predicted molar refractivity (Wildman–Crippen MR) is 190 cm³/mol. The third-order valence-corrected chi connectivity index (χ3v) is 17.2. The van der Waals surface area contributed by atoms with E-state index in [1.54, 1.807) is 0 Å². The molecule has 0 unspecified atom stereocenters. The lowest BCUT2D eigenvalue weighted by atomic mass is 10.2. The van der Waals surface area contributed by atoms with Crippen molar-refractivity contribution in [1.29, 1.82) is 0 Å². The second-order valence-corrected chi connectivity index (χ2v) is 18.4. The molecule has 0 aliphatic heterocycles. The highest BCUT2D eigenvalue weighted by molar-refractivity contribution is 7.09. The van der Waals surface area contributed by atoms with Crippen molar-refractivity contribution in [1.82, 2.24) is 0 Å². The van der Waals surface area contributed by atoms with Crippen LogP contribution in [0.25, 0.3) is 0 Å². The van der Waals surface area contributed by atoms with Gasteiger partial charge in [0.2, 0.25) is 0 Å². The highest BCUT2D eigenvalue weighted by Crippen LogP contribution is 2.22. The summed E-state index contributed by atoms with van der Waals surface area (Å²) in [6, 6.07) is 59.2. The Morgan fingerprint density at radius 2 is 0.622 bits per heavy atom. The number of hydrogen-bond acceptors (Lipinski definition) is 3. The van der Waals surface area contributed by atoms with Crippen LogP contribution in [0.15, 0.2) is 170 Å². The average Bonchev–Trinajstić information content (AvgIpc) is 3.11. The lowest BCUT2D eigenvalue weighted by Gasteiger charge is -2.42. The van der Waals surface area contributed by atoms with Crippen LogP contribution >= 0.6 is 0 Å². The molecular weight excluding hydrogens is 585 g/mol. The molecule has 0 heterocycles. The number of benzene rings is 6. The molecule has 6 aromatic rings. The molecule has 0 bridgehead atoms. The maximum atomic E-state index is 8.09. The topological polar surface area (TPSA) is 27.7 Å². The summed E-state index contributed by atoms with van der Waals surface area (Å²) in [7, 11) is -6.27. The SMILES string of the molecule is Cc1ccc(OC[Si](O[Si](COc2ccc(C)cc2)(c2ccccc2)c2ccccc2)(c2ccccc2)c2ccccc2)cc1. The Labute approximate surface area is 269 Å². The Balaban J connectivity index is 1.57. The quantitative estimate of drug-likeness (QED) is 0.148. The van der Waals surface area contributed by atoms with Crippen molar-refractivity contribution >= 4 is 37.4 Å². The first-order chi connectivity index (χ1) is 22.1. The van der Waals surface area contributed by atoms with Crippen LogP contribution in [0.5, 0.6) is 11.5 Å². The molecule has 0 aromatic heterocycles.